The van der Waals surface area contributed by atoms with E-state index in [1.807, 2.05) is 21.1 Å². The van der Waals surface area contributed by atoms with Crippen LogP contribution in [0.25, 0.3) is 0 Å². The van der Waals surface area contributed by atoms with Crippen molar-refractivity contribution in [3.63, 3.8) is 0 Å². The Balaban J connectivity index is 4.20. The Kier molecular flexibility index (Phi) is 37.3. The fourth-order valence-electron chi connectivity index (χ4n) is 5.43. The zero-order chi connectivity index (χ0) is 40.6. The Morgan fingerprint density at radius 2 is 1.05 bits per heavy atom. The quantitative estimate of drug-likeness (QED) is 0.0201. The lowest BCUT2D eigenvalue weighted by atomic mass is 10.1. The molecule has 0 aliphatic carbocycles. The summed E-state index contributed by atoms with van der Waals surface area (Å²) in [6.07, 6.45) is 49.2. The molecule has 2 atom stereocenters. The van der Waals surface area contributed by atoms with Gasteiger partial charge in [0.05, 0.1) is 34.4 Å². The first-order valence-corrected chi connectivity index (χ1v) is 23.1. The fourth-order valence-corrected chi connectivity index (χ4v) is 6.16. The topological polar surface area (TPSA) is 94.1 Å². The summed E-state index contributed by atoms with van der Waals surface area (Å²) in [5.74, 6) is -0.348. The number of carbonyl (C=O) groups is 1. The number of ether oxygens (including phenoxy) is 2. The number of likely N-dealkylation sites (N-methyl/N-ethyl adjacent to an activating group) is 1. The van der Waals surface area contributed by atoms with Crippen molar-refractivity contribution in [2.75, 3.05) is 54.1 Å². The number of carbonyl (C=O) groups excluding carboxylic acids is 1. The van der Waals surface area contributed by atoms with Crippen LogP contribution in [0.3, 0.4) is 0 Å². The summed E-state index contributed by atoms with van der Waals surface area (Å²) in [6.45, 7) is 5.20. The first kappa shape index (κ1) is 52.9. The normalized spacial score (nSPS) is 14.5. The SMILES string of the molecule is CC/C=C\C/C=C\C/C=C\C/C=C\C/C=C\C/C=C\CCCCCCCOCC(COP(=O)([O-])OCC[N+](C)(C)C)OC(=O)CCCCCCCCCCC. The van der Waals surface area contributed by atoms with Crippen molar-refractivity contribution < 1.29 is 37.3 Å². The van der Waals surface area contributed by atoms with E-state index in [1.165, 1.54) is 51.4 Å². The van der Waals surface area contributed by atoms with Gasteiger partial charge in [-0.2, -0.15) is 0 Å². The summed E-state index contributed by atoms with van der Waals surface area (Å²) in [4.78, 5) is 24.9. The predicted molar refractivity (Wildman–Crippen MR) is 231 cm³/mol. The van der Waals surface area contributed by atoms with Crippen molar-refractivity contribution in [3.8, 4) is 0 Å². The largest absolute Gasteiger partial charge is 0.756 e. The van der Waals surface area contributed by atoms with Gasteiger partial charge in [0, 0.05) is 13.0 Å². The number of allylic oxidation sites excluding steroid dienone is 12. The molecule has 0 rings (SSSR count). The molecule has 0 aromatic rings. The summed E-state index contributed by atoms with van der Waals surface area (Å²) in [5.41, 5.74) is 0. The molecule has 0 aromatic heterocycles. The Morgan fingerprint density at radius 3 is 1.58 bits per heavy atom. The minimum Gasteiger partial charge on any atom is -0.756 e. The first-order chi connectivity index (χ1) is 26.6. The van der Waals surface area contributed by atoms with Crippen LogP contribution in [0.2, 0.25) is 0 Å². The van der Waals surface area contributed by atoms with Crippen molar-refractivity contribution in [2.24, 2.45) is 0 Å². The molecule has 0 heterocycles. The highest BCUT2D eigenvalue weighted by Gasteiger charge is 2.20. The van der Waals surface area contributed by atoms with Crippen molar-refractivity contribution in [1.29, 1.82) is 0 Å². The molecular formula is C46H82NO7P. The van der Waals surface area contributed by atoms with Crippen LogP contribution in [0.15, 0.2) is 72.9 Å². The standard InChI is InChI=1S/C46H82NO7P/c1-6-8-10-12-14-16-17-18-19-20-21-22-23-24-25-26-27-28-29-30-32-34-36-38-41-51-43-45(44-53-55(49,50)52-42-40-47(3,4)5)54-46(48)39-37-35-33-31-15-13-11-9-7-2/h8,10,14,16,18-19,21-22,24-25,27-28,45H,6-7,9,11-13,15,17,20,23,26,29-44H2,1-5H3/b10-8-,16-14-,19-18-,22-21-,25-24-,28-27-. The van der Waals surface area contributed by atoms with E-state index in [-0.39, 0.29) is 25.8 Å². The number of hydrogen-bond donors (Lipinski definition) is 0. The molecule has 0 aliphatic heterocycles. The molecule has 0 fully saturated rings. The second kappa shape index (κ2) is 38.8. The molecule has 55 heavy (non-hydrogen) atoms. The van der Waals surface area contributed by atoms with Gasteiger partial charge >= 0.3 is 5.97 Å². The van der Waals surface area contributed by atoms with Gasteiger partial charge in [-0.25, -0.2) is 0 Å². The van der Waals surface area contributed by atoms with Crippen LogP contribution in [0, 0.1) is 0 Å². The zero-order valence-electron chi connectivity index (χ0n) is 35.8. The average Bonchev–Trinajstić information content (AvgIpc) is 3.13. The molecule has 0 aromatic carbocycles. The van der Waals surface area contributed by atoms with E-state index in [1.54, 1.807) is 0 Å². The lowest BCUT2D eigenvalue weighted by Crippen LogP contribution is -2.37. The highest BCUT2D eigenvalue weighted by molar-refractivity contribution is 7.45. The number of esters is 1. The van der Waals surface area contributed by atoms with Crippen LogP contribution < -0.4 is 4.89 Å². The molecule has 0 N–H and O–H groups in total. The molecule has 8 nitrogen and oxygen atoms in total. The van der Waals surface area contributed by atoms with Gasteiger partial charge in [-0.3, -0.25) is 9.36 Å². The summed E-state index contributed by atoms with van der Waals surface area (Å²) in [7, 11) is 1.33. The summed E-state index contributed by atoms with van der Waals surface area (Å²) >= 11 is 0. The Bertz CT molecular complexity index is 1110. The molecule has 0 radical (unpaired) electrons. The van der Waals surface area contributed by atoms with Gasteiger partial charge < -0.3 is 27.9 Å². The fraction of sp³-hybridized carbons (Fsp3) is 0.717. The van der Waals surface area contributed by atoms with Gasteiger partial charge in [0.1, 0.15) is 19.3 Å². The van der Waals surface area contributed by atoms with Crippen LogP contribution in [0.5, 0.6) is 0 Å². The van der Waals surface area contributed by atoms with Crippen LogP contribution in [0.4, 0.5) is 0 Å². The molecule has 2 unspecified atom stereocenters. The van der Waals surface area contributed by atoms with E-state index >= 15 is 0 Å². The molecule has 0 bridgehead atoms. The summed E-state index contributed by atoms with van der Waals surface area (Å²) < 4.78 is 34.5. The Labute approximate surface area is 338 Å². The van der Waals surface area contributed by atoms with Crippen molar-refractivity contribution >= 4 is 13.8 Å². The van der Waals surface area contributed by atoms with Crippen molar-refractivity contribution in [2.45, 2.75) is 161 Å². The minimum atomic E-state index is -4.53. The number of rotatable bonds is 39. The minimum absolute atomic E-state index is 0.0191. The third-order valence-electron chi connectivity index (χ3n) is 8.77. The number of quaternary nitrogens is 1. The molecule has 318 valence electrons. The van der Waals surface area contributed by atoms with Crippen molar-refractivity contribution in [1.82, 2.24) is 0 Å². The van der Waals surface area contributed by atoms with E-state index in [9.17, 15) is 14.3 Å². The highest BCUT2D eigenvalue weighted by Crippen LogP contribution is 2.38. The highest BCUT2D eigenvalue weighted by atomic mass is 31.2. The average molecular weight is 792 g/mol. The molecule has 0 spiro atoms. The van der Waals surface area contributed by atoms with Gasteiger partial charge in [0.15, 0.2) is 0 Å². The maximum atomic E-state index is 12.6. The van der Waals surface area contributed by atoms with E-state index in [4.69, 9.17) is 18.5 Å². The van der Waals surface area contributed by atoms with Gasteiger partial charge in [-0.05, 0) is 64.2 Å². The molecule has 0 aliphatic rings. The van der Waals surface area contributed by atoms with Crippen LogP contribution >= 0.6 is 7.82 Å². The van der Waals surface area contributed by atoms with Crippen molar-refractivity contribution in [3.05, 3.63) is 72.9 Å². The van der Waals surface area contributed by atoms with E-state index < -0.39 is 13.9 Å². The van der Waals surface area contributed by atoms with Crippen LogP contribution in [-0.2, 0) is 27.9 Å². The van der Waals surface area contributed by atoms with Crippen LogP contribution in [-0.4, -0.2) is 70.7 Å². The Morgan fingerprint density at radius 1 is 0.582 bits per heavy atom. The van der Waals surface area contributed by atoms with Crippen LogP contribution in [0.1, 0.15) is 155 Å². The van der Waals surface area contributed by atoms with E-state index in [2.05, 4.69) is 86.8 Å². The molecule has 0 amide bonds. The third-order valence-corrected chi connectivity index (χ3v) is 9.74. The zero-order valence-corrected chi connectivity index (χ0v) is 36.7. The van der Waals surface area contributed by atoms with E-state index in [0.29, 0.717) is 24.1 Å². The number of phosphoric acid groups is 1. The maximum absolute atomic E-state index is 12.6. The van der Waals surface area contributed by atoms with Gasteiger partial charge in [0.25, 0.3) is 7.82 Å². The molecule has 9 heteroatoms. The van der Waals surface area contributed by atoms with Gasteiger partial charge in [-0.15, -0.1) is 0 Å². The number of phosphoric ester groups is 1. The Hall–Kier alpha value is -2.06. The molecule has 0 saturated carbocycles. The van der Waals surface area contributed by atoms with Gasteiger partial charge in [0.2, 0.25) is 0 Å². The lowest BCUT2D eigenvalue weighted by molar-refractivity contribution is -0.870. The third kappa shape index (κ3) is 42.9. The number of unbranched alkanes of at least 4 members (excludes halogenated alkanes) is 13. The lowest BCUT2D eigenvalue weighted by Gasteiger charge is -2.28. The first-order valence-electron chi connectivity index (χ1n) is 21.7. The maximum Gasteiger partial charge on any atom is 0.306 e. The smallest absolute Gasteiger partial charge is 0.306 e. The number of hydrogen-bond acceptors (Lipinski definition) is 7. The van der Waals surface area contributed by atoms with Gasteiger partial charge in [-0.1, -0.05) is 157 Å². The second-order valence-electron chi connectivity index (χ2n) is 15.3. The summed E-state index contributed by atoms with van der Waals surface area (Å²) in [6, 6.07) is 0. The number of nitrogens with zero attached hydrogens (tertiary/aromatic N) is 1. The predicted octanol–water partition coefficient (Wildman–Crippen LogP) is 12.1. The second-order valence-corrected chi connectivity index (χ2v) is 16.7. The van der Waals surface area contributed by atoms with E-state index in [0.717, 1.165) is 83.5 Å². The molecule has 0 saturated heterocycles. The molecular weight excluding hydrogens is 709 g/mol. The summed E-state index contributed by atoms with van der Waals surface area (Å²) in [5, 5.41) is 0. The monoisotopic (exact) mass is 792 g/mol.